The molecule has 2 nitrogen and oxygen atoms in total. The van der Waals surface area contributed by atoms with E-state index in [9.17, 15) is 0 Å². The van der Waals surface area contributed by atoms with Crippen molar-refractivity contribution >= 4 is 45.8 Å². The maximum absolute atomic E-state index is 9.09. The Morgan fingerprint density at radius 3 is 2.50 bits per heavy atom. The van der Waals surface area contributed by atoms with Gasteiger partial charge in [0.25, 0.3) is 0 Å². The average Bonchev–Trinajstić information content (AvgIpc) is 2.31. The third-order valence-corrected chi connectivity index (χ3v) is 2.93. The minimum absolute atomic E-state index is 0.143. The first-order chi connectivity index (χ1) is 5.52. The Kier molecular flexibility index (Phi) is 2.76. The number of thiocarbonyl (C=S) groups is 2. The summed E-state index contributed by atoms with van der Waals surface area (Å²) in [5.74, 6) is 0. The molecule has 0 bridgehead atoms. The molecule has 64 valence electrons. The molecule has 0 aliphatic carbocycles. The van der Waals surface area contributed by atoms with Crippen LogP contribution >= 0.6 is 35.8 Å². The summed E-state index contributed by atoms with van der Waals surface area (Å²) in [5.41, 5.74) is 6.10. The van der Waals surface area contributed by atoms with Crippen LogP contribution in [0.15, 0.2) is 6.07 Å². The van der Waals surface area contributed by atoms with E-state index in [1.165, 1.54) is 11.3 Å². The molecule has 0 aliphatic rings. The summed E-state index contributed by atoms with van der Waals surface area (Å²) < 4.78 is 0. The van der Waals surface area contributed by atoms with Crippen LogP contribution in [0.25, 0.3) is 0 Å². The van der Waals surface area contributed by atoms with Crippen LogP contribution in [0.5, 0.6) is 0 Å². The summed E-state index contributed by atoms with van der Waals surface area (Å²) in [7, 11) is 0. The number of hydrogen-bond donors (Lipinski definition) is 2. The Labute approximate surface area is 85.0 Å². The third kappa shape index (κ3) is 1.80. The lowest BCUT2D eigenvalue weighted by Crippen LogP contribution is -2.11. The Morgan fingerprint density at radius 2 is 2.17 bits per heavy atom. The topological polar surface area (TPSA) is 46.2 Å². The van der Waals surface area contributed by atoms with Crippen LogP contribution in [0, 0.1) is 6.92 Å². The zero-order valence-electron chi connectivity index (χ0n) is 6.33. The van der Waals surface area contributed by atoms with Crippen LogP contribution in [-0.4, -0.2) is 15.1 Å². The van der Waals surface area contributed by atoms with Crippen molar-refractivity contribution in [2.45, 2.75) is 6.92 Å². The van der Waals surface area contributed by atoms with Crippen molar-refractivity contribution in [2.24, 2.45) is 5.73 Å². The quantitative estimate of drug-likeness (QED) is 0.743. The van der Waals surface area contributed by atoms with E-state index in [2.05, 4.69) is 12.2 Å². The van der Waals surface area contributed by atoms with E-state index >= 15 is 0 Å². The van der Waals surface area contributed by atoms with Gasteiger partial charge in [0.1, 0.15) is 4.99 Å². The molecule has 0 amide bonds. The van der Waals surface area contributed by atoms with E-state index in [1.54, 1.807) is 0 Å². The summed E-state index contributed by atoms with van der Waals surface area (Å²) in [4.78, 5) is 1.89. The molecular weight excluding hydrogens is 210 g/mol. The molecule has 1 aromatic heterocycles. The molecule has 0 fully saturated rings. The van der Waals surface area contributed by atoms with Crippen molar-refractivity contribution in [3.8, 4) is 0 Å². The average molecular weight is 217 g/mol. The highest BCUT2D eigenvalue weighted by atomic mass is 32.1. The van der Waals surface area contributed by atoms with E-state index in [0.29, 0.717) is 10.4 Å². The molecular formula is C7H7NOS3. The number of aliphatic hydroxyl groups is 1. The highest BCUT2D eigenvalue weighted by Gasteiger charge is 2.12. The lowest BCUT2D eigenvalue weighted by atomic mass is 10.2. The van der Waals surface area contributed by atoms with Gasteiger partial charge in [0.2, 0.25) is 0 Å². The van der Waals surface area contributed by atoms with Gasteiger partial charge in [0.15, 0.2) is 5.05 Å². The van der Waals surface area contributed by atoms with Crippen LogP contribution in [0.4, 0.5) is 0 Å². The van der Waals surface area contributed by atoms with Gasteiger partial charge >= 0.3 is 0 Å². The Hall–Kier alpha value is -0.520. The van der Waals surface area contributed by atoms with Gasteiger partial charge in [-0.3, -0.25) is 0 Å². The van der Waals surface area contributed by atoms with Crippen molar-refractivity contribution in [3.05, 3.63) is 21.4 Å². The second-order valence-electron chi connectivity index (χ2n) is 2.27. The van der Waals surface area contributed by atoms with Gasteiger partial charge in [-0.05, 0) is 25.2 Å². The maximum Gasteiger partial charge on any atom is 0.199 e. The lowest BCUT2D eigenvalue weighted by Gasteiger charge is -1.96. The molecule has 1 aromatic rings. The molecule has 3 N–H and O–H groups in total. The van der Waals surface area contributed by atoms with Crippen molar-refractivity contribution in [1.82, 2.24) is 0 Å². The van der Waals surface area contributed by atoms with Gasteiger partial charge < -0.3 is 10.8 Å². The fourth-order valence-corrected chi connectivity index (χ4v) is 2.18. The number of nitrogens with two attached hydrogens (primary N) is 1. The second-order valence-corrected chi connectivity index (χ2v) is 4.35. The fraction of sp³-hybridized carbons (Fsp3) is 0.143. The van der Waals surface area contributed by atoms with Crippen molar-refractivity contribution in [2.75, 3.05) is 0 Å². The predicted molar refractivity (Wildman–Crippen MR) is 59.3 cm³/mol. The number of thiophene rings is 1. The van der Waals surface area contributed by atoms with Crippen molar-refractivity contribution in [3.63, 3.8) is 0 Å². The smallest absolute Gasteiger partial charge is 0.199 e. The second kappa shape index (κ2) is 3.47. The molecule has 1 heterocycles. The van der Waals surface area contributed by atoms with Crippen LogP contribution < -0.4 is 5.73 Å². The molecule has 0 saturated heterocycles. The number of hydrogen-bond acceptors (Lipinski definition) is 3. The number of rotatable bonds is 2. The molecule has 0 spiro atoms. The molecule has 0 aliphatic heterocycles. The summed E-state index contributed by atoms with van der Waals surface area (Å²) in [6.45, 7) is 1.91. The van der Waals surface area contributed by atoms with Crippen LogP contribution in [0.2, 0.25) is 0 Å². The Balaban J connectivity index is 3.26. The van der Waals surface area contributed by atoms with E-state index in [-0.39, 0.29) is 10.0 Å². The van der Waals surface area contributed by atoms with E-state index < -0.39 is 0 Å². The Morgan fingerprint density at radius 1 is 1.58 bits per heavy atom. The molecule has 0 saturated carbocycles. The number of aliphatic hydroxyl groups excluding tert-OH is 1. The van der Waals surface area contributed by atoms with Crippen LogP contribution in [-0.2, 0) is 0 Å². The molecule has 0 atom stereocenters. The monoisotopic (exact) mass is 217 g/mol. The SMILES string of the molecule is Cc1cc(C(N)=S)c(C(O)=S)s1. The molecule has 12 heavy (non-hydrogen) atoms. The van der Waals surface area contributed by atoms with Crippen molar-refractivity contribution < 1.29 is 5.11 Å². The van der Waals surface area contributed by atoms with Gasteiger partial charge in [-0.25, -0.2) is 0 Å². The highest BCUT2D eigenvalue weighted by Crippen LogP contribution is 2.21. The Bertz CT molecular complexity index is 311. The van der Waals surface area contributed by atoms with E-state index in [4.69, 9.17) is 23.1 Å². The number of aryl methyl sites for hydroxylation is 1. The molecule has 1 rings (SSSR count). The van der Waals surface area contributed by atoms with Crippen LogP contribution in [0.1, 0.15) is 15.3 Å². The fourth-order valence-electron chi connectivity index (χ4n) is 0.856. The van der Waals surface area contributed by atoms with Gasteiger partial charge in [0, 0.05) is 10.4 Å². The third-order valence-electron chi connectivity index (χ3n) is 1.31. The van der Waals surface area contributed by atoms with Gasteiger partial charge in [-0.1, -0.05) is 12.2 Å². The standard InChI is InChI=1S/C7H7NOS3/c1-3-2-4(6(8)10)5(12-3)7(9)11/h2H,1H3,(H2,8,10)(H,9,11). The summed E-state index contributed by atoms with van der Waals surface area (Å²) >= 11 is 10.8. The lowest BCUT2D eigenvalue weighted by molar-refractivity contribution is 0.572. The molecule has 0 radical (unpaired) electrons. The minimum Gasteiger partial charge on any atom is -0.498 e. The minimum atomic E-state index is -0.143. The first kappa shape index (κ1) is 9.57. The molecule has 0 unspecified atom stereocenters. The molecule has 5 heteroatoms. The first-order valence-corrected chi connectivity index (χ1v) is 4.79. The predicted octanol–water partition coefficient (Wildman–Crippen LogP) is 1.92. The van der Waals surface area contributed by atoms with Gasteiger partial charge in [-0.15, -0.1) is 11.3 Å². The summed E-state index contributed by atoms with van der Waals surface area (Å²) in [5, 5.41) is 8.95. The maximum atomic E-state index is 9.09. The van der Waals surface area contributed by atoms with Crippen molar-refractivity contribution in [1.29, 1.82) is 0 Å². The van der Waals surface area contributed by atoms with Crippen LogP contribution in [0.3, 0.4) is 0 Å². The molecule has 0 aromatic carbocycles. The van der Waals surface area contributed by atoms with Gasteiger partial charge in [-0.2, -0.15) is 0 Å². The largest absolute Gasteiger partial charge is 0.498 e. The zero-order chi connectivity index (χ0) is 9.30. The van der Waals surface area contributed by atoms with E-state index in [0.717, 1.165) is 4.88 Å². The van der Waals surface area contributed by atoms with E-state index in [1.807, 2.05) is 13.0 Å². The van der Waals surface area contributed by atoms with Gasteiger partial charge in [0.05, 0.1) is 4.88 Å². The summed E-state index contributed by atoms with van der Waals surface area (Å²) in [6.07, 6.45) is 0. The summed E-state index contributed by atoms with van der Waals surface area (Å²) in [6, 6.07) is 1.82. The highest BCUT2D eigenvalue weighted by molar-refractivity contribution is 7.81. The normalized spacial score (nSPS) is 9.75. The first-order valence-electron chi connectivity index (χ1n) is 3.16. The zero-order valence-corrected chi connectivity index (χ0v) is 8.78.